The maximum Gasteiger partial charge on any atom is 0.251 e. The summed E-state index contributed by atoms with van der Waals surface area (Å²) in [6.07, 6.45) is -0.0439. The SMILES string of the molecule is CCC(CC)NCCN(C)CC(F)F. The van der Waals surface area contributed by atoms with Crippen LogP contribution in [0.2, 0.25) is 0 Å². The van der Waals surface area contributed by atoms with E-state index >= 15 is 0 Å². The molecule has 0 aliphatic carbocycles. The van der Waals surface area contributed by atoms with E-state index in [0.717, 1.165) is 19.4 Å². The van der Waals surface area contributed by atoms with Crippen LogP contribution >= 0.6 is 0 Å². The number of likely N-dealkylation sites (N-methyl/N-ethyl adjacent to an activating group) is 1. The van der Waals surface area contributed by atoms with Crippen LogP contribution in [0.4, 0.5) is 8.78 Å². The molecule has 0 aliphatic heterocycles. The van der Waals surface area contributed by atoms with Gasteiger partial charge in [-0.05, 0) is 19.9 Å². The lowest BCUT2D eigenvalue weighted by atomic mass is 10.2. The fraction of sp³-hybridized carbons (Fsp3) is 1.00. The van der Waals surface area contributed by atoms with Gasteiger partial charge in [0.25, 0.3) is 6.43 Å². The minimum atomic E-state index is -2.23. The Morgan fingerprint density at radius 2 is 1.79 bits per heavy atom. The molecular weight excluding hydrogens is 186 g/mol. The predicted molar refractivity (Wildman–Crippen MR) is 55.9 cm³/mol. The molecule has 0 heterocycles. The highest BCUT2D eigenvalue weighted by molar-refractivity contribution is 4.64. The van der Waals surface area contributed by atoms with Crippen molar-refractivity contribution in [3.05, 3.63) is 0 Å². The number of nitrogens with one attached hydrogen (secondary N) is 1. The van der Waals surface area contributed by atoms with Gasteiger partial charge in [0, 0.05) is 19.1 Å². The minimum Gasteiger partial charge on any atom is -0.313 e. The Morgan fingerprint density at radius 3 is 2.21 bits per heavy atom. The van der Waals surface area contributed by atoms with E-state index in [2.05, 4.69) is 19.2 Å². The van der Waals surface area contributed by atoms with Crippen molar-refractivity contribution in [2.75, 3.05) is 26.7 Å². The number of halogens is 2. The molecule has 2 nitrogen and oxygen atoms in total. The fourth-order valence-corrected chi connectivity index (χ4v) is 1.36. The molecule has 0 atom stereocenters. The molecule has 86 valence electrons. The third-order valence-electron chi connectivity index (χ3n) is 2.36. The van der Waals surface area contributed by atoms with Crippen molar-refractivity contribution in [1.82, 2.24) is 10.2 Å². The predicted octanol–water partition coefficient (Wildman–Crippen LogP) is 1.96. The van der Waals surface area contributed by atoms with Gasteiger partial charge >= 0.3 is 0 Å². The van der Waals surface area contributed by atoms with Gasteiger partial charge in [-0.3, -0.25) is 4.90 Å². The van der Waals surface area contributed by atoms with Crippen LogP contribution in [0.15, 0.2) is 0 Å². The molecule has 0 amide bonds. The molecule has 0 bridgehead atoms. The topological polar surface area (TPSA) is 15.3 Å². The normalized spacial score (nSPS) is 12.0. The summed E-state index contributed by atoms with van der Waals surface area (Å²) in [4.78, 5) is 1.65. The Morgan fingerprint density at radius 1 is 1.21 bits per heavy atom. The van der Waals surface area contributed by atoms with Crippen molar-refractivity contribution >= 4 is 0 Å². The van der Waals surface area contributed by atoms with Crippen LogP contribution in [0.5, 0.6) is 0 Å². The van der Waals surface area contributed by atoms with E-state index in [9.17, 15) is 8.78 Å². The van der Waals surface area contributed by atoms with E-state index in [1.54, 1.807) is 11.9 Å². The Kier molecular flexibility index (Phi) is 7.99. The Labute approximate surface area is 85.7 Å². The monoisotopic (exact) mass is 208 g/mol. The van der Waals surface area contributed by atoms with Crippen LogP contribution in [0.25, 0.3) is 0 Å². The van der Waals surface area contributed by atoms with Crippen molar-refractivity contribution in [2.45, 2.75) is 39.2 Å². The third-order valence-corrected chi connectivity index (χ3v) is 2.36. The first-order valence-corrected chi connectivity index (χ1v) is 5.30. The van der Waals surface area contributed by atoms with Crippen LogP contribution in [0.3, 0.4) is 0 Å². The number of rotatable bonds is 8. The third kappa shape index (κ3) is 7.21. The molecule has 1 N–H and O–H groups in total. The van der Waals surface area contributed by atoms with Crippen molar-refractivity contribution < 1.29 is 8.78 Å². The van der Waals surface area contributed by atoms with Crippen LogP contribution in [-0.4, -0.2) is 44.0 Å². The summed E-state index contributed by atoms with van der Waals surface area (Å²) in [7, 11) is 1.72. The summed E-state index contributed by atoms with van der Waals surface area (Å²) in [5.41, 5.74) is 0. The smallest absolute Gasteiger partial charge is 0.251 e. The summed E-state index contributed by atoms with van der Waals surface area (Å²) in [6.45, 7) is 5.59. The highest BCUT2D eigenvalue weighted by Gasteiger charge is 2.07. The molecule has 0 rings (SSSR count). The van der Waals surface area contributed by atoms with Gasteiger partial charge in [-0.1, -0.05) is 13.8 Å². The maximum atomic E-state index is 11.9. The van der Waals surface area contributed by atoms with Crippen molar-refractivity contribution in [3.63, 3.8) is 0 Å². The molecular formula is C10H22F2N2. The number of hydrogen-bond donors (Lipinski definition) is 1. The van der Waals surface area contributed by atoms with E-state index in [4.69, 9.17) is 0 Å². The first-order valence-electron chi connectivity index (χ1n) is 5.30. The molecule has 0 saturated heterocycles. The Balaban J connectivity index is 3.42. The van der Waals surface area contributed by atoms with Gasteiger partial charge in [0.2, 0.25) is 0 Å². The lowest BCUT2D eigenvalue weighted by Gasteiger charge is -2.19. The second-order valence-electron chi connectivity index (χ2n) is 3.62. The molecule has 0 radical (unpaired) electrons. The van der Waals surface area contributed by atoms with Gasteiger partial charge in [-0.25, -0.2) is 8.78 Å². The molecule has 0 aromatic rings. The van der Waals surface area contributed by atoms with Gasteiger partial charge in [-0.2, -0.15) is 0 Å². The average Bonchev–Trinajstić information content (AvgIpc) is 2.11. The summed E-state index contributed by atoms with van der Waals surface area (Å²) in [5.74, 6) is 0. The van der Waals surface area contributed by atoms with Gasteiger partial charge in [-0.15, -0.1) is 0 Å². The zero-order valence-electron chi connectivity index (χ0n) is 9.39. The largest absolute Gasteiger partial charge is 0.313 e. The van der Waals surface area contributed by atoms with E-state index in [1.807, 2.05) is 0 Å². The van der Waals surface area contributed by atoms with Crippen LogP contribution in [0, 0.1) is 0 Å². The minimum absolute atomic E-state index is 0.134. The molecule has 0 fully saturated rings. The number of hydrogen-bond acceptors (Lipinski definition) is 2. The van der Waals surface area contributed by atoms with E-state index in [1.165, 1.54) is 0 Å². The average molecular weight is 208 g/mol. The second-order valence-corrected chi connectivity index (χ2v) is 3.62. The second kappa shape index (κ2) is 8.12. The molecule has 0 saturated carbocycles. The fourth-order valence-electron chi connectivity index (χ4n) is 1.36. The highest BCUT2D eigenvalue weighted by atomic mass is 19.3. The first-order chi connectivity index (χ1) is 6.60. The van der Waals surface area contributed by atoms with Crippen molar-refractivity contribution in [2.24, 2.45) is 0 Å². The van der Waals surface area contributed by atoms with Gasteiger partial charge in [0.05, 0.1) is 6.54 Å². The Hall–Kier alpha value is -0.220. The molecule has 0 aromatic heterocycles. The number of alkyl halides is 2. The van der Waals surface area contributed by atoms with Crippen molar-refractivity contribution in [1.29, 1.82) is 0 Å². The molecule has 0 spiro atoms. The zero-order valence-corrected chi connectivity index (χ0v) is 9.39. The van der Waals surface area contributed by atoms with E-state index in [-0.39, 0.29) is 6.54 Å². The summed E-state index contributed by atoms with van der Waals surface area (Å²) < 4.78 is 23.9. The first kappa shape index (κ1) is 13.8. The summed E-state index contributed by atoms with van der Waals surface area (Å²) >= 11 is 0. The zero-order chi connectivity index (χ0) is 11.0. The van der Waals surface area contributed by atoms with E-state index < -0.39 is 6.43 Å². The summed E-state index contributed by atoms with van der Waals surface area (Å²) in [6, 6.07) is 0.523. The lowest BCUT2D eigenvalue weighted by molar-refractivity contribution is 0.100. The Bertz CT molecular complexity index is 127. The molecule has 4 heteroatoms. The molecule has 0 aliphatic rings. The van der Waals surface area contributed by atoms with Gasteiger partial charge < -0.3 is 5.32 Å². The quantitative estimate of drug-likeness (QED) is 0.656. The molecule has 14 heavy (non-hydrogen) atoms. The van der Waals surface area contributed by atoms with Crippen molar-refractivity contribution in [3.8, 4) is 0 Å². The molecule has 0 unspecified atom stereocenters. The number of nitrogens with zero attached hydrogens (tertiary/aromatic N) is 1. The highest BCUT2D eigenvalue weighted by Crippen LogP contribution is 1.97. The molecule has 0 aromatic carbocycles. The lowest BCUT2D eigenvalue weighted by Crippen LogP contribution is -2.36. The van der Waals surface area contributed by atoms with E-state index in [0.29, 0.717) is 12.6 Å². The van der Waals surface area contributed by atoms with Crippen LogP contribution in [0.1, 0.15) is 26.7 Å². The van der Waals surface area contributed by atoms with Gasteiger partial charge in [0.1, 0.15) is 0 Å². The van der Waals surface area contributed by atoms with Gasteiger partial charge in [0.15, 0.2) is 0 Å². The van der Waals surface area contributed by atoms with Crippen LogP contribution in [-0.2, 0) is 0 Å². The summed E-state index contributed by atoms with van der Waals surface area (Å²) in [5, 5.41) is 3.34. The maximum absolute atomic E-state index is 11.9. The standard InChI is InChI=1S/C10H22F2N2/c1-4-9(5-2)13-6-7-14(3)8-10(11)12/h9-10,13H,4-8H2,1-3H3. The van der Waals surface area contributed by atoms with Crippen LogP contribution < -0.4 is 5.32 Å².